The minimum absolute atomic E-state index is 0.120. The SMILES string of the molecule is CC1NCc2ccccc2N(CCc2nccn2C)C1=O. The fraction of sp³-hybridized carbons (Fsp3) is 0.375. The minimum Gasteiger partial charge on any atom is -0.338 e. The molecule has 1 unspecified atom stereocenters. The number of amides is 1. The second-order valence-electron chi connectivity index (χ2n) is 5.43. The zero-order valence-electron chi connectivity index (χ0n) is 12.4. The van der Waals surface area contributed by atoms with E-state index in [0.29, 0.717) is 6.54 Å². The van der Waals surface area contributed by atoms with Gasteiger partial charge in [0.05, 0.1) is 6.04 Å². The number of rotatable bonds is 3. The fourth-order valence-corrected chi connectivity index (χ4v) is 2.71. The van der Waals surface area contributed by atoms with Crippen molar-refractivity contribution in [1.82, 2.24) is 14.9 Å². The Bertz CT molecular complexity index is 649. The lowest BCUT2D eigenvalue weighted by atomic mass is 10.1. The predicted molar refractivity (Wildman–Crippen MR) is 82.0 cm³/mol. The van der Waals surface area contributed by atoms with E-state index < -0.39 is 0 Å². The van der Waals surface area contributed by atoms with Gasteiger partial charge in [-0.2, -0.15) is 0 Å². The van der Waals surface area contributed by atoms with Gasteiger partial charge >= 0.3 is 0 Å². The van der Waals surface area contributed by atoms with Crippen LogP contribution in [0.15, 0.2) is 36.7 Å². The molecule has 0 fully saturated rings. The van der Waals surface area contributed by atoms with E-state index in [4.69, 9.17) is 0 Å². The van der Waals surface area contributed by atoms with Crippen LogP contribution in [0.5, 0.6) is 0 Å². The van der Waals surface area contributed by atoms with Crippen LogP contribution in [-0.4, -0.2) is 28.0 Å². The lowest BCUT2D eigenvalue weighted by Gasteiger charge is -2.24. The van der Waals surface area contributed by atoms with Gasteiger partial charge in [0.15, 0.2) is 0 Å². The zero-order chi connectivity index (χ0) is 14.8. The van der Waals surface area contributed by atoms with Crippen LogP contribution >= 0.6 is 0 Å². The van der Waals surface area contributed by atoms with Gasteiger partial charge in [-0.05, 0) is 18.6 Å². The van der Waals surface area contributed by atoms with Gasteiger partial charge in [0.25, 0.3) is 0 Å². The summed E-state index contributed by atoms with van der Waals surface area (Å²) in [4.78, 5) is 18.8. The minimum atomic E-state index is -0.168. The first kappa shape index (κ1) is 13.8. The van der Waals surface area contributed by atoms with Gasteiger partial charge in [-0.25, -0.2) is 4.98 Å². The zero-order valence-corrected chi connectivity index (χ0v) is 12.4. The molecule has 1 N–H and O–H groups in total. The molecule has 110 valence electrons. The van der Waals surface area contributed by atoms with Crippen LogP contribution in [-0.2, 0) is 24.8 Å². The Morgan fingerprint density at radius 1 is 1.38 bits per heavy atom. The number of imidazole rings is 1. The quantitative estimate of drug-likeness (QED) is 0.929. The van der Waals surface area contributed by atoms with Gasteiger partial charge in [0.2, 0.25) is 5.91 Å². The molecule has 0 aliphatic carbocycles. The summed E-state index contributed by atoms with van der Waals surface area (Å²) in [5, 5.41) is 3.27. The van der Waals surface area contributed by atoms with Crippen LogP contribution in [0.25, 0.3) is 0 Å². The topological polar surface area (TPSA) is 50.2 Å². The molecule has 3 rings (SSSR count). The lowest BCUT2D eigenvalue weighted by molar-refractivity contribution is -0.120. The van der Waals surface area contributed by atoms with Crippen molar-refractivity contribution in [2.75, 3.05) is 11.4 Å². The van der Waals surface area contributed by atoms with Crippen molar-refractivity contribution >= 4 is 11.6 Å². The van der Waals surface area contributed by atoms with Crippen molar-refractivity contribution in [3.05, 3.63) is 48.0 Å². The Hall–Kier alpha value is -2.14. The molecular weight excluding hydrogens is 264 g/mol. The van der Waals surface area contributed by atoms with Crippen LogP contribution in [0.2, 0.25) is 0 Å². The number of aryl methyl sites for hydroxylation is 1. The Morgan fingerprint density at radius 3 is 2.95 bits per heavy atom. The summed E-state index contributed by atoms with van der Waals surface area (Å²) in [7, 11) is 1.98. The van der Waals surface area contributed by atoms with Gasteiger partial charge in [0, 0.05) is 44.6 Å². The summed E-state index contributed by atoms with van der Waals surface area (Å²) in [6.45, 7) is 3.29. The summed E-state index contributed by atoms with van der Waals surface area (Å²) >= 11 is 0. The Morgan fingerprint density at radius 2 is 2.19 bits per heavy atom. The summed E-state index contributed by atoms with van der Waals surface area (Å²) in [5.74, 6) is 1.11. The molecule has 1 aliphatic heterocycles. The third-order valence-corrected chi connectivity index (χ3v) is 4.00. The van der Waals surface area contributed by atoms with Crippen molar-refractivity contribution in [1.29, 1.82) is 0 Å². The fourth-order valence-electron chi connectivity index (χ4n) is 2.71. The van der Waals surface area contributed by atoms with E-state index in [1.54, 1.807) is 6.20 Å². The first-order valence-electron chi connectivity index (χ1n) is 7.25. The molecule has 21 heavy (non-hydrogen) atoms. The highest BCUT2D eigenvalue weighted by Crippen LogP contribution is 2.24. The van der Waals surface area contributed by atoms with Gasteiger partial charge in [-0.15, -0.1) is 0 Å². The Balaban J connectivity index is 1.87. The number of nitrogens with zero attached hydrogens (tertiary/aromatic N) is 3. The number of hydrogen-bond donors (Lipinski definition) is 1. The monoisotopic (exact) mass is 284 g/mol. The van der Waals surface area contributed by atoms with Crippen LogP contribution in [0, 0.1) is 0 Å². The second kappa shape index (κ2) is 5.69. The maximum Gasteiger partial charge on any atom is 0.243 e. The van der Waals surface area contributed by atoms with Crippen LogP contribution in [0.3, 0.4) is 0 Å². The molecule has 0 saturated heterocycles. The smallest absolute Gasteiger partial charge is 0.243 e. The van der Waals surface area contributed by atoms with E-state index in [2.05, 4.69) is 16.4 Å². The maximum atomic E-state index is 12.6. The third-order valence-electron chi connectivity index (χ3n) is 4.00. The van der Waals surface area contributed by atoms with E-state index in [-0.39, 0.29) is 11.9 Å². The predicted octanol–water partition coefficient (Wildman–Crippen LogP) is 1.49. The molecule has 5 heteroatoms. The number of hydrogen-bond acceptors (Lipinski definition) is 3. The third kappa shape index (κ3) is 2.69. The highest BCUT2D eigenvalue weighted by atomic mass is 16.2. The molecule has 0 spiro atoms. The number of fused-ring (bicyclic) bond motifs is 1. The number of para-hydroxylation sites is 1. The van der Waals surface area contributed by atoms with Crippen molar-refractivity contribution < 1.29 is 4.79 Å². The Labute approximate surface area is 124 Å². The average molecular weight is 284 g/mol. The highest BCUT2D eigenvalue weighted by Gasteiger charge is 2.26. The molecule has 2 heterocycles. The summed E-state index contributed by atoms with van der Waals surface area (Å²) in [6.07, 6.45) is 4.46. The molecule has 5 nitrogen and oxygen atoms in total. The largest absolute Gasteiger partial charge is 0.338 e. The van der Waals surface area contributed by atoms with E-state index in [0.717, 1.165) is 30.0 Å². The van der Waals surface area contributed by atoms with Gasteiger partial charge in [-0.3, -0.25) is 4.79 Å². The maximum absolute atomic E-state index is 12.6. The standard InChI is InChI=1S/C16H20N4O/c1-12-16(21)20(9-7-15-17-8-10-19(15)2)14-6-4-3-5-13(14)11-18-12/h3-6,8,10,12,18H,7,9,11H2,1-2H3. The molecule has 2 aromatic rings. The molecule has 1 amide bonds. The van der Waals surface area contributed by atoms with Crippen molar-refractivity contribution in [3.63, 3.8) is 0 Å². The van der Waals surface area contributed by atoms with Crippen molar-refractivity contribution in [2.45, 2.75) is 25.9 Å². The number of carbonyl (C=O) groups excluding carboxylic acids is 1. The summed E-state index contributed by atoms with van der Waals surface area (Å²) < 4.78 is 2.00. The highest BCUT2D eigenvalue weighted by molar-refractivity contribution is 5.98. The molecule has 0 radical (unpaired) electrons. The van der Waals surface area contributed by atoms with Gasteiger partial charge in [-0.1, -0.05) is 18.2 Å². The number of aromatic nitrogens is 2. The van der Waals surface area contributed by atoms with Gasteiger partial charge < -0.3 is 14.8 Å². The Kier molecular flexibility index (Phi) is 3.75. The first-order valence-corrected chi connectivity index (χ1v) is 7.25. The van der Waals surface area contributed by atoms with E-state index >= 15 is 0 Å². The van der Waals surface area contributed by atoms with Crippen LogP contribution < -0.4 is 10.2 Å². The molecule has 1 atom stereocenters. The van der Waals surface area contributed by atoms with Crippen molar-refractivity contribution in [3.8, 4) is 0 Å². The molecule has 0 saturated carbocycles. The molecular formula is C16H20N4O. The average Bonchev–Trinajstić information content (AvgIpc) is 2.86. The first-order chi connectivity index (χ1) is 10.2. The molecule has 0 bridgehead atoms. The number of nitrogens with one attached hydrogen (secondary N) is 1. The number of anilines is 1. The van der Waals surface area contributed by atoms with Crippen LogP contribution in [0.1, 0.15) is 18.3 Å². The van der Waals surface area contributed by atoms with Crippen LogP contribution in [0.4, 0.5) is 5.69 Å². The molecule has 1 aliphatic rings. The second-order valence-corrected chi connectivity index (χ2v) is 5.43. The van der Waals surface area contributed by atoms with Gasteiger partial charge in [0.1, 0.15) is 5.82 Å². The van der Waals surface area contributed by atoms with E-state index in [9.17, 15) is 4.79 Å². The van der Waals surface area contributed by atoms with Crippen molar-refractivity contribution in [2.24, 2.45) is 7.05 Å². The molecule has 1 aromatic heterocycles. The van der Waals surface area contributed by atoms with E-state index in [1.165, 1.54) is 0 Å². The molecule has 1 aromatic carbocycles. The normalized spacial score (nSPS) is 18.5. The number of carbonyl (C=O) groups is 1. The number of benzene rings is 1. The lowest BCUT2D eigenvalue weighted by Crippen LogP contribution is -2.43. The van der Waals surface area contributed by atoms with E-state index in [1.807, 2.05) is 47.8 Å². The summed E-state index contributed by atoms with van der Waals surface area (Å²) in [5.41, 5.74) is 2.17. The summed E-state index contributed by atoms with van der Waals surface area (Å²) in [6, 6.07) is 7.92.